The first kappa shape index (κ1) is 19.4. The van der Waals surface area contributed by atoms with Gasteiger partial charge in [0.25, 0.3) is 0 Å². The zero-order chi connectivity index (χ0) is 20.1. The van der Waals surface area contributed by atoms with Gasteiger partial charge in [0.2, 0.25) is 12.3 Å². The number of aromatic nitrogens is 3. The third kappa shape index (κ3) is 4.76. The van der Waals surface area contributed by atoms with Crippen LogP contribution in [0.2, 0.25) is 0 Å². The van der Waals surface area contributed by atoms with Crippen LogP contribution >= 0.6 is 11.8 Å². The van der Waals surface area contributed by atoms with Crippen molar-refractivity contribution in [3.8, 4) is 28.3 Å². The summed E-state index contributed by atoms with van der Waals surface area (Å²) in [6.45, 7) is 0. The number of ether oxygens (including phenoxy) is 1. The van der Waals surface area contributed by atoms with Crippen LogP contribution in [0, 0.1) is 0 Å². The average Bonchev–Trinajstić information content (AvgIpc) is 3.29. The van der Waals surface area contributed by atoms with Crippen LogP contribution in [0.5, 0.6) is 5.75 Å². The molecular weight excluding hydrogens is 388 g/mol. The number of carbonyl (C=O) groups excluding carboxylic acids is 1. The van der Waals surface area contributed by atoms with Crippen molar-refractivity contribution >= 4 is 17.9 Å². The maximum atomic E-state index is 12.3. The summed E-state index contributed by atoms with van der Waals surface area (Å²) < 4.78 is 10.8. The molecule has 0 saturated heterocycles. The van der Waals surface area contributed by atoms with Crippen molar-refractivity contribution in [3.63, 3.8) is 0 Å². The van der Waals surface area contributed by atoms with Gasteiger partial charge in [0.15, 0.2) is 0 Å². The molecule has 1 aliphatic rings. The molecule has 1 saturated carbocycles. The van der Waals surface area contributed by atoms with E-state index < -0.39 is 6.09 Å². The molecule has 3 aromatic rings. The summed E-state index contributed by atoms with van der Waals surface area (Å²) in [6, 6.07) is 7.76. The van der Waals surface area contributed by atoms with Crippen molar-refractivity contribution in [1.29, 1.82) is 0 Å². The minimum absolute atomic E-state index is 0.205. The van der Waals surface area contributed by atoms with E-state index >= 15 is 0 Å². The maximum absolute atomic E-state index is 12.3. The van der Waals surface area contributed by atoms with Gasteiger partial charge in [0, 0.05) is 34.5 Å². The van der Waals surface area contributed by atoms with E-state index in [0.29, 0.717) is 11.6 Å². The van der Waals surface area contributed by atoms with Crippen molar-refractivity contribution < 1.29 is 13.9 Å². The molecule has 150 valence electrons. The lowest BCUT2D eigenvalue weighted by Crippen LogP contribution is -2.38. The van der Waals surface area contributed by atoms with E-state index in [-0.39, 0.29) is 6.04 Å². The molecule has 1 aromatic carbocycles. The van der Waals surface area contributed by atoms with Crippen LogP contribution in [0.25, 0.3) is 22.6 Å². The summed E-state index contributed by atoms with van der Waals surface area (Å²) in [5.41, 5.74) is 2.53. The standard InChI is InChI=1S/C21H22N4O3S/c1-29-19-8-7-17(28-21(26)24-16-5-3-2-4-6-16)10-18(19)14-9-15(12-22-11-14)20-25-23-13-27-20/h7-13,16H,2-6H2,1H3,(H,24,26). The van der Waals surface area contributed by atoms with Crippen LogP contribution in [0.15, 0.2) is 52.4 Å². The van der Waals surface area contributed by atoms with Gasteiger partial charge >= 0.3 is 6.09 Å². The van der Waals surface area contributed by atoms with Crippen LogP contribution in [0.3, 0.4) is 0 Å². The molecule has 0 spiro atoms. The topological polar surface area (TPSA) is 90.1 Å². The number of benzene rings is 1. The molecule has 7 nitrogen and oxygen atoms in total. The van der Waals surface area contributed by atoms with E-state index in [2.05, 4.69) is 20.5 Å². The smallest absolute Gasteiger partial charge is 0.412 e. The van der Waals surface area contributed by atoms with Crippen molar-refractivity contribution in [3.05, 3.63) is 43.1 Å². The number of hydrogen-bond acceptors (Lipinski definition) is 7. The Morgan fingerprint density at radius 1 is 1.17 bits per heavy atom. The molecule has 0 unspecified atom stereocenters. The van der Waals surface area contributed by atoms with Crippen LogP contribution in [0.1, 0.15) is 32.1 Å². The Morgan fingerprint density at radius 3 is 2.76 bits per heavy atom. The van der Waals surface area contributed by atoms with Crippen molar-refractivity contribution in [2.24, 2.45) is 0 Å². The second-order valence-electron chi connectivity index (χ2n) is 6.94. The lowest BCUT2D eigenvalue weighted by Gasteiger charge is -2.22. The fourth-order valence-corrected chi connectivity index (χ4v) is 4.13. The van der Waals surface area contributed by atoms with Gasteiger partial charge in [-0.1, -0.05) is 19.3 Å². The highest BCUT2D eigenvalue weighted by Crippen LogP contribution is 2.34. The molecule has 1 aliphatic carbocycles. The Bertz CT molecular complexity index is 972. The SMILES string of the molecule is CSc1ccc(OC(=O)NC2CCCCC2)cc1-c1cncc(-c2nnco2)c1. The van der Waals surface area contributed by atoms with E-state index in [4.69, 9.17) is 9.15 Å². The molecule has 1 N–H and O–H groups in total. The maximum Gasteiger partial charge on any atom is 0.412 e. The summed E-state index contributed by atoms with van der Waals surface area (Å²) in [6.07, 6.45) is 11.9. The number of carbonyl (C=O) groups is 1. The first-order valence-corrected chi connectivity index (χ1v) is 10.8. The van der Waals surface area contributed by atoms with Crippen LogP contribution in [-0.2, 0) is 0 Å². The highest BCUT2D eigenvalue weighted by atomic mass is 32.2. The Morgan fingerprint density at radius 2 is 2.00 bits per heavy atom. The first-order chi connectivity index (χ1) is 14.2. The van der Waals surface area contributed by atoms with Gasteiger partial charge in [-0.25, -0.2) is 4.79 Å². The van der Waals surface area contributed by atoms with Gasteiger partial charge in [-0.3, -0.25) is 4.98 Å². The molecule has 2 aromatic heterocycles. The number of nitrogens with zero attached hydrogens (tertiary/aromatic N) is 3. The Hall–Kier alpha value is -2.87. The molecule has 8 heteroatoms. The number of hydrogen-bond donors (Lipinski definition) is 1. The number of nitrogens with one attached hydrogen (secondary N) is 1. The normalized spacial score (nSPS) is 14.5. The van der Waals surface area contributed by atoms with Crippen LogP contribution in [-0.4, -0.2) is 33.6 Å². The van der Waals surface area contributed by atoms with E-state index in [1.165, 1.54) is 12.8 Å². The van der Waals surface area contributed by atoms with E-state index in [1.807, 2.05) is 30.5 Å². The molecule has 0 bridgehead atoms. The van der Waals surface area contributed by atoms with E-state index in [1.54, 1.807) is 24.2 Å². The Labute approximate surface area is 173 Å². The monoisotopic (exact) mass is 410 g/mol. The van der Waals surface area contributed by atoms with Gasteiger partial charge in [-0.15, -0.1) is 22.0 Å². The number of amides is 1. The third-order valence-corrected chi connectivity index (χ3v) is 5.76. The minimum Gasteiger partial charge on any atom is -0.423 e. The first-order valence-electron chi connectivity index (χ1n) is 9.61. The van der Waals surface area contributed by atoms with Crippen molar-refractivity contribution in [2.75, 3.05) is 6.26 Å². The predicted molar refractivity (Wildman–Crippen MR) is 111 cm³/mol. The molecule has 0 atom stereocenters. The summed E-state index contributed by atoms with van der Waals surface area (Å²) in [5.74, 6) is 0.901. The number of pyridine rings is 1. The summed E-state index contributed by atoms with van der Waals surface area (Å²) in [4.78, 5) is 17.7. The van der Waals surface area contributed by atoms with E-state index in [0.717, 1.165) is 47.3 Å². The summed E-state index contributed by atoms with van der Waals surface area (Å²) >= 11 is 1.61. The fraction of sp³-hybridized carbons (Fsp3) is 0.333. The lowest BCUT2D eigenvalue weighted by molar-refractivity contribution is 0.192. The molecule has 2 heterocycles. The number of rotatable bonds is 5. The van der Waals surface area contributed by atoms with Crippen molar-refractivity contribution in [1.82, 2.24) is 20.5 Å². The zero-order valence-corrected chi connectivity index (χ0v) is 16.9. The van der Waals surface area contributed by atoms with E-state index in [9.17, 15) is 4.79 Å². The molecule has 4 rings (SSSR count). The highest BCUT2D eigenvalue weighted by molar-refractivity contribution is 7.98. The molecule has 1 amide bonds. The van der Waals surface area contributed by atoms with Crippen molar-refractivity contribution in [2.45, 2.75) is 43.0 Å². The molecule has 29 heavy (non-hydrogen) atoms. The predicted octanol–water partition coefficient (Wildman–Crippen LogP) is 4.94. The lowest BCUT2D eigenvalue weighted by atomic mass is 9.96. The van der Waals surface area contributed by atoms with Crippen LogP contribution in [0.4, 0.5) is 4.79 Å². The number of thioether (sulfide) groups is 1. The molecule has 0 aliphatic heterocycles. The fourth-order valence-electron chi connectivity index (χ4n) is 3.53. The summed E-state index contributed by atoms with van der Waals surface area (Å²) in [5, 5.41) is 10.6. The highest BCUT2D eigenvalue weighted by Gasteiger charge is 2.17. The van der Waals surface area contributed by atoms with Gasteiger partial charge in [0.05, 0.1) is 5.56 Å². The Kier molecular flexibility index (Phi) is 6.09. The minimum atomic E-state index is -0.405. The van der Waals surface area contributed by atoms with Gasteiger partial charge in [-0.2, -0.15) is 0 Å². The molecular formula is C21H22N4O3S. The largest absolute Gasteiger partial charge is 0.423 e. The van der Waals surface area contributed by atoms with Gasteiger partial charge < -0.3 is 14.5 Å². The second kappa shape index (κ2) is 9.09. The van der Waals surface area contributed by atoms with Crippen LogP contribution < -0.4 is 10.1 Å². The van der Waals surface area contributed by atoms with Gasteiger partial charge in [-0.05, 0) is 43.4 Å². The quantitative estimate of drug-likeness (QED) is 0.596. The summed E-state index contributed by atoms with van der Waals surface area (Å²) in [7, 11) is 0. The third-order valence-electron chi connectivity index (χ3n) is 4.96. The molecule has 0 radical (unpaired) electrons. The Balaban J connectivity index is 1.55. The molecule has 1 fully saturated rings. The second-order valence-corrected chi connectivity index (χ2v) is 7.79. The van der Waals surface area contributed by atoms with Gasteiger partial charge in [0.1, 0.15) is 5.75 Å². The average molecular weight is 410 g/mol. The zero-order valence-electron chi connectivity index (χ0n) is 16.1.